The molecule has 4 rings (SSSR count). The van der Waals surface area contributed by atoms with E-state index in [9.17, 15) is 23.2 Å². The summed E-state index contributed by atoms with van der Waals surface area (Å²) in [5.41, 5.74) is 0.578. The van der Waals surface area contributed by atoms with E-state index in [-0.39, 0.29) is 25.2 Å². The van der Waals surface area contributed by atoms with Crippen LogP contribution in [-0.4, -0.2) is 65.3 Å². The Kier molecular flexibility index (Phi) is 5.04. The van der Waals surface area contributed by atoms with E-state index in [4.69, 9.17) is 0 Å². The summed E-state index contributed by atoms with van der Waals surface area (Å²) in [6.45, 7) is 1.07. The van der Waals surface area contributed by atoms with Crippen LogP contribution in [0, 0.1) is 11.3 Å². The molecule has 29 heavy (non-hydrogen) atoms. The molecule has 9 heteroatoms. The number of amides is 2. The van der Waals surface area contributed by atoms with E-state index in [0.29, 0.717) is 25.2 Å². The van der Waals surface area contributed by atoms with Crippen molar-refractivity contribution in [2.75, 3.05) is 31.1 Å². The van der Waals surface area contributed by atoms with Gasteiger partial charge in [-0.15, -0.1) is 0 Å². The van der Waals surface area contributed by atoms with Crippen LogP contribution < -0.4 is 4.90 Å². The Morgan fingerprint density at radius 3 is 2.76 bits per heavy atom. The van der Waals surface area contributed by atoms with Gasteiger partial charge in [-0.3, -0.25) is 9.88 Å². The van der Waals surface area contributed by atoms with E-state index in [2.05, 4.69) is 11.1 Å². The standard InChI is InChI=1S/C20H20F3N5O/c21-20(22,23)6-8-26-7-5-15(12-26)27-13-16(9-24)28(19(27)29)18-11-25-10-14-3-1-2-4-17(14)18/h1-4,10-11,15-16H,5-8,12-13H2/t15-,16?/m1/s1. The molecule has 1 aromatic carbocycles. The average molecular weight is 403 g/mol. The molecule has 1 aromatic heterocycles. The van der Waals surface area contributed by atoms with Gasteiger partial charge in [0.2, 0.25) is 0 Å². The topological polar surface area (TPSA) is 63.5 Å². The van der Waals surface area contributed by atoms with Gasteiger partial charge in [0.1, 0.15) is 6.04 Å². The third kappa shape index (κ3) is 3.85. The SMILES string of the molecule is N#CC1CN([C@@H]2CCN(CCC(F)(F)F)C2)C(=O)N1c1cncc2ccccc12. The fraction of sp³-hybridized carbons (Fsp3) is 0.450. The maximum Gasteiger partial charge on any atom is 0.390 e. The van der Waals surface area contributed by atoms with Crippen LogP contribution in [0.2, 0.25) is 0 Å². The minimum Gasteiger partial charge on any atom is -0.317 e. The number of rotatable bonds is 4. The number of hydrogen-bond donors (Lipinski definition) is 0. The van der Waals surface area contributed by atoms with E-state index in [1.807, 2.05) is 24.3 Å². The summed E-state index contributed by atoms with van der Waals surface area (Å²) >= 11 is 0. The monoisotopic (exact) mass is 403 g/mol. The summed E-state index contributed by atoms with van der Waals surface area (Å²) in [6, 6.07) is 8.54. The van der Waals surface area contributed by atoms with Gasteiger partial charge in [-0.1, -0.05) is 24.3 Å². The molecule has 2 aliphatic rings. The van der Waals surface area contributed by atoms with Gasteiger partial charge in [0.25, 0.3) is 0 Å². The molecule has 0 saturated carbocycles. The first-order chi connectivity index (χ1) is 13.9. The van der Waals surface area contributed by atoms with E-state index in [1.165, 1.54) is 4.90 Å². The number of nitriles is 1. The summed E-state index contributed by atoms with van der Waals surface area (Å²) in [4.78, 5) is 22.2. The third-order valence-electron chi connectivity index (χ3n) is 5.59. The number of carbonyl (C=O) groups excluding carboxylic acids is 1. The van der Waals surface area contributed by atoms with Crippen LogP contribution in [0.1, 0.15) is 12.8 Å². The summed E-state index contributed by atoms with van der Waals surface area (Å²) in [5, 5.41) is 11.3. The molecular formula is C20H20F3N5O. The number of likely N-dealkylation sites (tertiary alicyclic amines) is 1. The Labute approximate surface area is 166 Å². The Hall–Kier alpha value is -2.86. The van der Waals surface area contributed by atoms with Crippen molar-refractivity contribution in [3.8, 4) is 6.07 Å². The predicted molar refractivity (Wildman–Crippen MR) is 101 cm³/mol. The lowest BCUT2D eigenvalue weighted by Crippen LogP contribution is -2.41. The number of fused-ring (bicyclic) bond motifs is 1. The number of benzene rings is 1. The molecule has 1 unspecified atom stereocenters. The number of hydrogen-bond acceptors (Lipinski definition) is 4. The van der Waals surface area contributed by atoms with Gasteiger partial charge in [-0.2, -0.15) is 18.4 Å². The lowest BCUT2D eigenvalue weighted by molar-refractivity contribution is -0.137. The van der Waals surface area contributed by atoms with Gasteiger partial charge < -0.3 is 9.80 Å². The number of nitrogens with zero attached hydrogens (tertiary/aromatic N) is 5. The van der Waals surface area contributed by atoms with Crippen molar-refractivity contribution >= 4 is 22.5 Å². The fourth-order valence-electron chi connectivity index (χ4n) is 4.14. The molecule has 0 bridgehead atoms. The van der Waals surface area contributed by atoms with Gasteiger partial charge in [-0.05, 0) is 6.42 Å². The van der Waals surface area contributed by atoms with E-state index < -0.39 is 18.6 Å². The molecule has 3 heterocycles. The summed E-state index contributed by atoms with van der Waals surface area (Å²) < 4.78 is 37.5. The Balaban J connectivity index is 1.54. The molecule has 0 aliphatic carbocycles. The maximum atomic E-state index is 13.2. The van der Waals surface area contributed by atoms with Crippen LogP contribution in [-0.2, 0) is 0 Å². The number of anilines is 1. The molecule has 2 aliphatic heterocycles. The molecular weight excluding hydrogens is 383 g/mol. The zero-order valence-corrected chi connectivity index (χ0v) is 15.6. The molecule has 2 fully saturated rings. The van der Waals surface area contributed by atoms with Crippen LogP contribution in [0.25, 0.3) is 10.8 Å². The van der Waals surface area contributed by atoms with Crippen molar-refractivity contribution < 1.29 is 18.0 Å². The van der Waals surface area contributed by atoms with Gasteiger partial charge in [0.15, 0.2) is 0 Å². The molecule has 2 amide bonds. The van der Waals surface area contributed by atoms with E-state index in [0.717, 1.165) is 10.8 Å². The average Bonchev–Trinajstić information content (AvgIpc) is 3.29. The van der Waals surface area contributed by atoms with Crippen LogP contribution >= 0.6 is 0 Å². The molecule has 0 N–H and O–H groups in total. The highest BCUT2D eigenvalue weighted by Gasteiger charge is 2.44. The van der Waals surface area contributed by atoms with Crippen molar-refractivity contribution in [1.29, 1.82) is 5.26 Å². The van der Waals surface area contributed by atoms with Crippen molar-refractivity contribution in [3.05, 3.63) is 36.7 Å². The van der Waals surface area contributed by atoms with Crippen LogP contribution in [0.3, 0.4) is 0 Å². The number of urea groups is 1. The Morgan fingerprint density at radius 1 is 1.21 bits per heavy atom. The highest BCUT2D eigenvalue weighted by atomic mass is 19.4. The van der Waals surface area contributed by atoms with E-state index in [1.54, 1.807) is 22.2 Å². The lowest BCUT2D eigenvalue weighted by Gasteiger charge is -2.25. The smallest absolute Gasteiger partial charge is 0.317 e. The van der Waals surface area contributed by atoms with Gasteiger partial charge >= 0.3 is 12.2 Å². The highest BCUT2D eigenvalue weighted by molar-refractivity contribution is 6.04. The molecule has 152 valence electrons. The Bertz CT molecular complexity index is 952. The van der Waals surface area contributed by atoms with Crippen molar-refractivity contribution in [3.63, 3.8) is 0 Å². The number of aromatic nitrogens is 1. The van der Waals surface area contributed by atoms with Crippen LogP contribution in [0.15, 0.2) is 36.7 Å². The highest BCUT2D eigenvalue weighted by Crippen LogP contribution is 2.33. The van der Waals surface area contributed by atoms with E-state index >= 15 is 0 Å². The predicted octanol–water partition coefficient (Wildman–Crippen LogP) is 3.40. The molecule has 6 nitrogen and oxygen atoms in total. The molecule has 2 aromatic rings. The maximum absolute atomic E-state index is 13.2. The molecule has 0 spiro atoms. The Morgan fingerprint density at radius 2 is 2.00 bits per heavy atom. The molecule has 2 atom stereocenters. The third-order valence-corrected chi connectivity index (χ3v) is 5.59. The second-order valence-electron chi connectivity index (χ2n) is 7.44. The van der Waals surface area contributed by atoms with Gasteiger partial charge in [-0.25, -0.2) is 4.79 Å². The first-order valence-electron chi connectivity index (χ1n) is 9.48. The minimum atomic E-state index is -4.19. The minimum absolute atomic E-state index is 0.0688. The van der Waals surface area contributed by atoms with Crippen molar-refractivity contribution in [2.45, 2.75) is 31.1 Å². The number of carbonyl (C=O) groups is 1. The zero-order chi connectivity index (χ0) is 20.6. The summed E-state index contributed by atoms with van der Waals surface area (Å²) in [6.07, 6.45) is -1.16. The molecule has 0 radical (unpaired) electrons. The van der Waals surface area contributed by atoms with Crippen LogP contribution in [0.5, 0.6) is 0 Å². The first kappa shape index (κ1) is 19.5. The number of alkyl halides is 3. The quantitative estimate of drug-likeness (QED) is 0.785. The number of halogens is 3. The fourth-order valence-corrected chi connectivity index (χ4v) is 4.14. The number of pyridine rings is 1. The van der Waals surface area contributed by atoms with Crippen LogP contribution in [0.4, 0.5) is 23.7 Å². The first-order valence-corrected chi connectivity index (χ1v) is 9.48. The largest absolute Gasteiger partial charge is 0.390 e. The lowest BCUT2D eigenvalue weighted by atomic mass is 10.1. The normalized spacial score (nSPS) is 23.2. The van der Waals surface area contributed by atoms with Crippen molar-refractivity contribution in [2.24, 2.45) is 0 Å². The molecule has 2 saturated heterocycles. The van der Waals surface area contributed by atoms with Gasteiger partial charge in [0.05, 0.1) is 30.9 Å². The second kappa shape index (κ2) is 7.52. The second-order valence-corrected chi connectivity index (χ2v) is 7.44. The summed E-state index contributed by atoms with van der Waals surface area (Å²) in [7, 11) is 0. The zero-order valence-electron chi connectivity index (χ0n) is 15.6. The summed E-state index contributed by atoms with van der Waals surface area (Å²) in [5.74, 6) is 0. The van der Waals surface area contributed by atoms with Gasteiger partial charge in [0, 0.05) is 42.6 Å². The van der Waals surface area contributed by atoms with Crippen molar-refractivity contribution in [1.82, 2.24) is 14.8 Å².